The highest BCUT2D eigenvalue weighted by molar-refractivity contribution is 5.84. The van der Waals surface area contributed by atoms with Gasteiger partial charge in [-0.2, -0.15) is 5.26 Å². The van der Waals surface area contributed by atoms with Gasteiger partial charge in [0.15, 0.2) is 11.6 Å². The fraction of sp³-hybridized carbons (Fsp3) is 0.273. The molecule has 144 valence electrons. The van der Waals surface area contributed by atoms with Crippen molar-refractivity contribution >= 4 is 5.97 Å². The van der Waals surface area contributed by atoms with Crippen molar-refractivity contribution in [2.45, 2.75) is 19.8 Å². The quantitative estimate of drug-likeness (QED) is 0.721. The van der Waals surface area contributed by atoms with Gasteiger partial charge in [-0.15, -0.1) is 0 Å². The lowest BCUT2D eigenvalue weighted by molar-refractivity contribution is -0.145. The van der Waals surface area contributed by atoms with E-state index in [-0.39, 0.29) is 5.75 Å². The minimum Gasteiger partial charge on any atom is -0.481 e. The molecule has 3 rings (SSSR count). The van der Waals surface area contributed by atoms with Gasteiger partial charge in [0.1, 0.15) is 11.2 Å². The van der Waals surface area contributed by atoms with E-state index in [9.17, 15) is 23.9 Å². The van der Waals surface area contributed by atoms with Crippen LogP contribution in [-0.4, -0.2) is 11.1 Å². The summed E-state index contributed by atoms with van der Waals surface area (Å²) in [6.07, 6.45) is 1.48. The number of aliphatic carboxylic acids is 1. The molecule has 0 radical (unpaired) electrons. The molecule has 2 aromatic rings. The fourth-order valence-corrected chi connectivity index (χ4v) is 4.22. The second-order valence-corrected chi connectivity index (χ2v) is 7.36. The van der Waals surface area contributed by atoms with Crippen molar-refractivity contribution in [2.24, 2.45) is 16.7 Å². The summed E-state index contributed by atoms with van der Waals surface area (Å²) in [6, 6.07) is 14.4. The molecule has 4 nitrogen and oxygen atoms in total. The van der Waals surface area contributed by atoms with E-state index in [0.29, 0.717) is 17.6 Å². The first-order valence-corrected chi connectivity index (χ1v) is 8.73. The number of halogens is 2. The van der Waals surface area contributed by atoms with Crippen LogP contribution in [0.15, 0.2) is 60.9 Å². The Kier molecular flexibility index (Phi) is 4.95. The predicted molar refractivity (Wildman–Crippen MR) is 98.9 cm³/mol. The summed E-state index contributed by atoms with van der Waals surface area (Å²) in [6.45, 7) is 3.36. The average molecular weight is 383 g/mol. The van der Waals surface area contributed by atoms with Crippen molar-refractivity contribution in [3.63, 3.8) is 0 Å². The van der Waals surface area contributed by atoms with Gasteiger partial charge in [0.25, 0.3) is 0 Å². The summed E-state index contributed by atoms with van der Waals surface area (Å²) in [5.41, 5.74) is -2.07. The highest BCUT2D eigenvalue weighted by Crippen LogP contribution is 2.75. The molecule has 3 atom stereocenters. The lowest BCUT2D eigenvalue weighted by Crippen LogP contribution is -2.28. The second kappa shape index (κ2) is 7.08. The Morgan fingerprint density at radius 2 is 1.96 bits per heavy atom. The average Bonchev–Trinajstić information content (AvgIpc) is 3.15. The van der Waals surface area contributed by atoms with Crippen LogP contribution in [0.2, 0.25) is 0 Å². The van der Waals surface area contributed by atoms with E-state index in [4.69, 9.17) is 4.74 Å². The summed E-state index contributed by atoms with van der Waals surface area (Å²) >= 11 is 0. The summed E-state index contributed by atoms with van der Waals surface area (Å²) in [5, 5.41) is 19.8. The Balaban J connectivity index is 2.05. The first-order chi connectivity index (χ1) is 13.3. The van der Waals surface area contributed by atoms with Crippen LogP contribution in [0.4, 0.5) is 8.78 Å². The molecule has 0 heterocycles. The molecule has 1 aliphatic carbocycles. The van der Waals surface area contributed by atoms with Crippen molar-refractivity contribution in [1.29, 1.82) is 5.26 Å². The highest BCUT2D eigenvalue weighted by Gasteiger charge is 2.78. The third kappa shape index (κ3) is 2.84. The van der Waals surface area contributed by atoms with Crippen molar-refractivity contribution in [2.75, 3.05) is 0 Å². The molecule has 0 saturated heterocycles. The monoisotopic (exact) mass is 383 g/mol. The number of nitrogens with zero attached hydrogens (tertiary/aromatic N) is 1. The van der Waals surface area contributed by atoms with E-state index in [1.54, 1.807) is 44.2 Å². The summed E-state index contributed by atoms with van der Waals surface area (Å²) < 4.78 is 32.7. The topological polar surface area (TPSA) is 70.3 Å². The van der Waals surface area contributed by atoms with Crippen molar-refractivity contribution in [1.82, 2.24) is 0 Å². The second-order valence-electron chi connectivity index (χ2n) is 7.36. The highest BCUT2D eigenvalue weighted by atomic mass is 19.1. The Morgan fingerprint density at radius 1 is 1.29 bits per heavy atom. The van der Waals surface area contributed by atoms with Crippen LogP contribution in [0.25, 0.3) is 0 Å². The first-order valence-electron chi connectivity index (χ1n) is 8.73. The van der Waals surface area contributed by atoms with E-state index >= 15 is 0 Å². The van der Waals surface area contributed by atoms with Gasteiger partial charge in [0.05, 0.1) is 18.3 Å². The van der Waals surface area contributed by atoms with E-state index in [0.717, 1.165) is 6.07 Å². The van der Waals surface area contributed by atoms with Gasteiger partial charge in [-0.25, -0.2) is 8.78 Å². The molecule has 0 aromatic heterocycles. The van der Waals surface area contributed by atoms with Crippen LogP contribution >= 0.6 is 0 Å². The van der Waals surface area contributed by atoms with E-state index in [1.807, 2.05) is 6.07 Å². The first kappa shape index (κ1) is 19.6. The van der Waals surface area contributed by atoms with Gasteiger partial charge < -0.3 is 9.84 Å². The molecule has 6 heteroatoms. The molecule has 3 unspecified atom stereocenters. The molecular weight excluding hydrogens is 364 g/mol. The van der Waals surface area contributed by atoms with Gasteiger partial charge >= 0.3 is 5.97 Å². The lowest BCUT2D eigenvalue weighted by atomic mass is 9.78. The van der Waals surface area contributed by atoms with Crippen LogP contribution in [0.3, 0.4) is 0 Å². The number of ether oxygens (including phenoxy) is 1. The largest absolute Gasteiger partial charge is 0.481 e. The number of benzene rings is 2. The fourth-order valence-electron chi connectivity index (χ4n) is 4.22. The van der Waals surface area contributed by atoms with E-state index < -0.39 is 34.5 Å². The molecule has 0 spiro atoms. The number of nitriles is 1. The number of para-hydroxylation sites is 1. The van der Waals surface area contributed by atoms with Gasteiger partial charge in [-0.1, -0.05) is 44.2 Å². The maximum absolute atomic E-state index is 14.3. The number of rotatable bonds is 6. The van der Waals surface area contributed by atoms with Gasteiger partial charge in [0, 0.05) is 5.92 Å². The van der Waals surface area contributed by atoms with Gasteiger partial charge in [0.2, 0.25) is 0 Å². The number of hydrogen-bond acceptors (Lipinski definition) is 3. The maximum Gasteiger partial charge on any atom is 0.312 e. The molecule has 0 amide bonds. The van der Waals surface area contributed by atoms with Crippen molar-refractivity contribution in [3.8, 4) is 17.6 Å². The number of carboxylic acid groups (broad SMARTS) is 1. The molecule has 1 fully saturated rings. The Labute approximate surface area is 161 Å². The number of carbonyl (C=O) groups is 1. The molecule has 1 aliphatic rings. The minimum absolute atomic E-state index is 0.111. The summed E-state index contributed by atoms with van der Waals surface area (Å²) in [4.78, 5) is 12.2. The van der Waals surface area contributed by atoms with Crippen LogP contribution < -0.4 is 4.74 Å². The van der Waals surface area contributed by atoms with Crippen LogP contribution in [0.1, 0.15) is 25.3 Å². The van der Waals surface area contributed by atoms with Gasteiger partial charge in [-0.05, 0) is 35.2 Å². The van der Waals surface area contributed by atoms with Crippen molar-refractivity contribution in [3.05, 3.63) is 72.3 Å². The number of carboxylic acids is 1. The minimum atomic E-state index is -1.52. The van der Waals surface area contributed by atoms with Crippen molar-refractivity contribution < 1.29 is 23.4 Å². The standard InChI is InChI=1S/C22H19F2NO3/c1-21(2)19(10-11-23)22(21,20(26)27)16(13-25)14-8-9-17(24)18(12-14)28-15-6-4-3-5-7-15/h3-12,16,19H,1-2H3,(H,26,27). The third-order valence-electron chi connectivity index (χ3n) is 5.71. The van der Waals surface area contributed by atoms with Gasteiger partial charge in [-0.3, -0.25) is 4.79 Å². The van der Waals surface area contributed by atoms with Crippen LogP contribution in [0.5, 0.6) is 11.5 Å². The number of allylic oxidation sites excluding steroid dienone is 1. The molecule has 0 aliphatic heterocycles. The molecule has 0 bridgehead atoms. The zero-order valence-electron chi connectivity index (χ0n) is 15.4. The zero-order chi connectivity index (χ0) is 20.5. The third-order valence-corrected chi connectivity index (χ3v) is 5.71. The van der Waals surface area contributed by atoms with Crippen LogP contribution in [0, 0.1) is 33.9 Å². The maximum atomic E-state index is 14.3. The SMILES string of the molecule is CC1(C)C(C=CF)C1(C(=O)O)C(C#N)c1ccc(F)c(Oc2ccccc2)c1. The molecule has 1 saturated carbocycles. The zero-order valence-corrected chi connectivity index (χ0v) is 15.4. The van der Waals surface area contributed by atoms with E-state index in [2.05, 4.69) is 0 Å². The van der Waals surface area contributed by atoms with Crippen LogP contribution in [-0.2, 0) is 4.79 Å². The summed E-state index contributed by atoms with van der Waals surface area (Å²) in [7, 11) is 0. The molecule has 1 N–H and O–H groups in total. The lowest BCUT2D eigenvalue weighted by Gasteiger charge is -2.22. The van der Waals surface area contributed by atoms with E-state index in [1.165, 1.54) is 18.2 Å². The Hall–Kier alpha value is -3.20. The summed E-state index contributed by atoms with van der Waals surface area (Å²) in [5.74, 6) is -3.31. The number of hydrogen-bond donors (Lipinski definition) is 1. The Bertz CT molecular complexity index is 965. The smallest absolute Gasteiger partial charge is 0.312 e. The predicted octanol–water partition coefficient (Wildman–Crippen LogP) is 5.44. The molecule has 28 heavy (non-hydrogen) atoms. The Morgan fingerprint density at radius 3 is 2.54 bits per heavy atom. The normalized spacial score (nSPS) is 23.8. The molecule has 2 aromatic carbocycles. The molecular formula is C22H19F2NO3.